The molecule has 2 atom stereocenters. The second-order valence-corrected chi connectivity index (χ2v) is 4.22. The Morgan fingerprint density at radius 1 is 1.29 bits per heavy atom. The van der Waals surface area contributed by atoms with Crippen LogP contribution in [0.5, 0.6) is 0 Å². The molecule has 5 heteroatoms. The van der Waals surface area contributed by atoms with E-state index in [-0.39, 0.29) is 25.9 Å². The Hall–Kier alpha value is -0.290. The van der Waals surface area contributed by atoms with Gasteiger partial charge in [0.05, 0.1) is 0 Å². The Morgan fingerprint density at radius 2 is 1.86 bits per heavy atom. The van der Waals surface area contributed by atoms with Gasteiger partial charge < -0.3 is 10.2 Å². The SMILES string of the molecule is CCC1(CO)CCC(O)(C(F)(F)F)C1. The number of alkyl halides is 3. The van der Waals surface area contributed by atoms with Crippen LogP contribution in [-0.4, -0.2) is 28.6 Å². The molecule has 0 saturated heterocycles. The Kier molecular flexibility index (Phi) is 2.84. The average Bonchev–Trinajstić information content (AvgIpc) is 2.45. The highest BCUT2D eigenvalue weighted by Crippen LogP contribution is 2.52. The van der Waals surface area contributed by atoms with Gasteiger partial charge in [0.25, 0.3) is 0 Å². The van der Waals surface area contributed by atoms with Crippen molar-refractivity contribution in [2.75, 3.05) is 6.61 Å². The van der Waals surface area contributed by atoms with E-state index in [4.69, 9.17) is 5.11 Å². The van der Waals surface area contributed by atoms with Crippen LogP contribution in [0, 0.1) is 5.41 Å². The summed E-state index contributed by atoms with van der Waals surface area (Å²) in [5.74, 6) is 0. The number of hydrogen-bond acceptors (Lipinski definition) is 2. The first-order valence-electron chi connectivity index (χ1n) is 4.69. The van der Waals surface area contributed by atoms with Crippen molar-refractivity contribution < 1.29 is 23.4 Å². The van der Waals surface area contributed by atoms with Gasteiger partial charge in [0.2, 0.25) is 0 Å². The fourth-order valence-electron chi connectivity index (χ4n) is 2.06. The lowest BCUT2D eigenvalue weighted by Gasteiger charge is -2.30. The lowest BCUT2D eigenvalue weighted by atomic mass is 9.82. The Morgan fingerprint density at radius 3 is 2.07 bits per heavy atom. The summed E-state index contributed by atoms with van der Waals surface area (Å²) in [5.41, 5.74) is -3.34. The molecule has 0 bridgehead atoms. The number of halogens is 3. The summed E-state index contributed by atoms with van der Waals surface area (Å²) in [5, 5.41) is 18.4. The monoisotopic (exact) mass is 212 g/mol. The molecule has 14 heavy (non-hydrogen) atoms. The Labute approximate surface area is 80.7 Å². The predicted molar refractivity (Wildman–Crippen MR) is 44.7 cm³/mol. The molecule has 0 aromatic carbocycles. The standard InChI is InChI=1S/C9H15F3O2/c1-2-7(6-13)3-4-8(14,5-7)9(10,11)12/h13-14H,2-6H2,1H3. The molecular weight excluding hydrogens is 197 g/mol. The molecule has 0 spiro atoms. The normalized spacial score (nSPS) is 39.0. The number of aliphatic hydroxyl groups excluding tert-OH is 1. The molecule has 0 radical (unpaired) electrons. The molecule has 0 aliphatic heterocycles. The highest BCUT2D eigenvalue weighted by Gasteiger charge is 2.60. The van der Waals surface area contributed by atoms with Gasteiger partial charge in [-0.1, -0.05) is 6.92 Å². The number of rotatable bonds is 2. The minimum Gasteiger partial charge on any atom is -0.396 e. The van der Waals surface area contributed by atoms with Crippen LogP contribution in [0.2, 0.25) is 0 Å². The van der Waals surface area contributed by atoms with Crippen LogP contribution in [-0.2, 0) is 0 Å². The molecule has 0 aromatic heterocycles. The molecule has 1 aliphatic rings. The van der Waals surface area contributed by atoms with Crippen LogP contribution in [0.1, 0.15) is 32.6 Å². The fourth-order valence-corrected chi connectivity index (χ4v) is 2.06. The van der Waals surface area contributed by atoms with Gasteiger partial charge >= 0.3 is 6.18 Å². The van der Waals surface area contributed by atoms with Crippen molar-refractivity contribution in [3.8, 4) is 0 Å². The van der Waals surface area contributed by atoms with Crippen LogP contribution < -0.4 is 0 Å². The van der Waals surface area contributed by atoms with Crippen molar-refractivity contribution in [1.82, 2.24) is 0 Å². The molecule has 1 rings (SSSR count). The fraction of sp³-hybridized carbons (Fsp3) is 1.00. The maximum absolute atomic E-state index is 12.4. The molecule has 0 amide bonds. The maximum Gasteiger partial charge on any atom is 0.417 e. The molecule has 2 unspecified atom stereocenters. The minimum atomic E-state index is -4.58. The molecule has 0 heterocycles. The first-order valence-corrected chi connectivity index (χ1v) is 4.69. The molecule has 1 fully saturated rings. The van der Waals surface area contributed by atoms with Gasteiger partial charge in [-0.2, -0.15) is 13.2 Å². The van der Waals surface area contributed by atoms with Crippen molar-refractivity contribution in [2.24, 2.45) is 5.41 Å². The molecule has 2 N–H and O–H groups in total. The van der Waals surface area contributed by atoms with Crippen LogP contribution in [0.4, 0.5) is 13.2 Å². The van der Waals surface area contributed by atoms with E-state index in [9.17, 15) is 18.3 Å². The van der Waals surface area contributed by atoms with Crippen molar-refractivity contribution in [3.05, 3.63) is 0 Å². The summed E-state index contributed by atoms with van der Waals surface area (Å²) in [7, 11) is 0. The topological polar surface area (TPSA) is 40.5 Å². The van der Waals surface area contributed by atoms with Crippen LogP contribution in [0.25, 0.3) is 0 Å². The zero-order valence-corrected chi connectivity index (χ0v) is 8.06. The predicted octanol–water partition coefficient (Wildman–Crippen LogP) is 1.85. The van der Waals surface area contributed by atoms with E-state index >= 15 is 0 Å². The largest absolute Gasteiger partial charge is 0.417 e. The number of aliphatic hydroxyl groups is 2. The molecule has 1 aliphatic carbocycles. The van der Waals surface area contributed by atoms with Crippen molar-refractivity contribution >= 4 is 0 Å². The molecular formula is C9H15F3O2. The lowest BCUT2D eigenvalue weighted by Crippen LogP contribution is -2.44. The van der Waals surface area contributed by atoms with E-state index in [0.717, 1.165) is 0 Å². The zero-order chi connectivity index (χ0) is 11.0. The Balaban J connectivity index is 2.82. The van der Waals surface area contributed by atoms with E-state index in [1.54, 1.807) is 6.92 Å². The van der Waals surface area contributed by atoms with Gasteiger partial charge in [0, 0.05) is 6.61 Å². The van der Waals surface area contributed by atoms with E-state index in [1.165, 1.54) is 0 Å². The van der Waals surface area contributed by atoms with Gasteiger partial charge in [0.1, 0.15) is 0 Å². The number of hydrogen-bond donors (Lipinski definition) is 2. The lowest BCUT2D eigenvalue weighted by molar-refractivity contribution is -0.260. The van der Waals surface area contributed by atoms with E-state index in [2.05, 4.69) is 0 Å². The second-order valence-electron chi connectivity index (χ2n) is 4.22. The van der Waals surface area contributed by atoms with Gasteiger partial charge in [-0.3, -0.25) is 0 Å². The van der Waals surface area contributed by atoms with Crippen molar-refractivity contribution in [2.45, 2.75) is 44.4 Å². The van der Waals surface area contributed by atoms with Gasteiger partial charge in [-0.15, -0.1) is 0 Å². The van der Waals surface area contributed by atoms with Crippen LogP contribution >= 0.6 is 0 Å². The summed E-state index contributed by atoms with van der Waals surface area (Å²) >= 11 is 0. The van der Waals surface area contributed by atoms with Crippen molar-refractivity contribution in [3.63, 3.8) is 0 Å². The highest BCUT2D eigenvalue weighted by atomic mass is 19.4. The minimum absolute atomic E-state index is 0.232. The van der Waals surface area contributed by atoms with Gasteiger partial charge in [-0.05, 0) is 31.1 Å². The molecule has 1 saturated carbocycles. The van der Waals surface area contributed by atoms with Gasteiger partial charge in [-0.25, -0.2) is 0 Å². The third-order valence-electron chi connectivity index (χ3n) is 3.35. The van der Waals surface area contributed by atoms with E-state index < -0.39 is 17.2 Å². The average molecular weight is 212 g/mol. The molecule has 0 aromatic rings. The van der Waals surface area contributed by atoms with Crippen molar-refractivity contribution in [1.29, 1.82) is 0 Å². The molecule has 2 nitrogen and oxygen atoms in total. The highest BCUT2D eigenvalue weighted by molar-refractivity contribution is 5.01. The summed E-state index contributed by atoms with van der Waals surface area (Å²) < 4.78 is 37.3. The summed E-state index contributed by atoms with van der Waals surface area (Å²) in [6.07, 6.45) is -4.57. The Bertz CT molecular complexity index is 211. The third-order valence-corrected chi connectivity index (χ3v) is 3.35. The summed E-state index contributed by atoms with van der Waals surface area (Å²) in [6, 6.07) is 0. The van der Waals surface area contributed by atoms with Crippen LogP contribution in [0.15, 0.2) is 0 Å². The third kappa shape index (κ3) is 1.75. The first kappa shape index (κ1) is 11.8. The van der Waals surface area contributed by atoms with E-state index in [1.807, 2.05) is 0 Å². The van der Waals surface area contributed by atoms with Crippen LogP contribution in [0.3, 0.4) is 0 Å². The maximum atomic E-state index is 12.4. The quantitative estimate of drug-likeness (QED) is 0.733. The van der Waals surface area contributed by atoms with E-state index in [0.29, 0.717) is 6.42 Å². The smallest absolute Gasteiger partial charge is 0.396 e. The zero-order valence-electron chi connectivity index (χ0n) is 8.06. The summed E-state index contributed by atoms with van der Waals surface area (Å²) in [6.45, 7) is 1.44. The van der Waals surface area contributed by atoms with Gasteiger partial charge in [0.15, 0.2) is 5.60 Å². The first-order chi connectivity index (χ1) is 6.29. The second kappa shape index (κ2) is 3.38. The summed E-state index contributed by atoms with van der Waals surface area (Å²) in [4.78, 5) is 0. The molecule has 84 valence electrons.